The number of methoxy groups -OCH3 is 1. The molecule has 4 rings (SSSR count). The number of rotatable bonds is 14. The molecule has 0 radical (unpaired) electrons. The Kier molecular flexibility index (Phi) is 12.0. The number of carbonyl (C=O) groups is 2. The second-order valence-corrected chi connectivity index (χ2v) is 9.93. The van der Waals surface area contributed by atoms with Crippen LogP contribution in [0.4, 0.5) is 0 Å². The van der Waals surface area contributed by atoms with E-state index in [0.29, 0.717) is 0 Å². The first-order chi connectivity index (χ1) is 20.4. The van der Waals surface area contributed by atoms with E-state index in [2.05, 4.69) is 0 Å². The van der Waals surface area contributed by atoms with E-state index >= 15 is 0 Å². The molecule has 42 heavy (non-hydrogen) atoms. The van der Waals surface area contributed by atoms with Crippen molar-refractivity contribution in [2.75, 3.05) is 13.7 Å². The predicted molar refractivity (Wildman–Crippen MR) is 153 cm³/mol. The maximum Gasteiger partial charge on any atom is 0.334 e. The highest BCUT2D eigenvalue weighted by Gasteiger charge is 2.50. The molecule has 0 spiro atoms. The second kappa shape index (κ2) is 16.1. The summed E-state index contributed by atoms with van der Waals surface area (Å²) in [6, 6.07) is 29.1. The van der Waals surface area contributed by atoms with Gasteiger partial charge in [-0.1, -0.05) is 91.0 Å². The van der Waals surface area contributed by atoms with Gasteiger partial charge in [-0.05, 0) is 23.6 Å². The minimum absolute atomic E-state index is 0.113. The summed E-state index contributed by atoms with van der Waals surface area (Å²) in [5.41, 5.74) is 2.83. The number of carbonyl (C=O) groups excluding carboxylic acids is 2. The highest BCUT2D eigenvalue weighted by Crippen LogP contribution is 2.32. The van der Waals surface area contributed by atoms with Crippen LogP contribution in [0.3, 0.4) is 0 Å². The molecule has 9 nitrogen and oxygen atoms in total. The fraction of sp³-hybridized carbons (Fsp3) is 0.394. The van der Waals surface area contributed by atoms with Crippen LogP contribution in [0, 0.1) is 0 Å². The molecule has 0 saturated carbocycles. The van der Waals surface area contributed by atoms with E-state index in [1.54, 1.807) is 6.92 Å². The van der Waals surface area contributed by atoms with Crippen LogP contribution >= 0.6 is 0 Å². The molecule has 3 aromatic carbocycles. The van der Waals surface area contributed by atoms with E-state index in [4.69, 9.17) is 33.2 Å². The van der Waals surface area contributed by atoms with Gasteiger partial charge in [-0.15, -0.1) is 0 Å². The monoisotopic (exact) mass is 578 g/mol. The van der Waals surface area contributed by atoms with E-state index in [1.807, 2.05) is 91.0 Å². The van der Waals surface area contributed by atoms with E-state index in [9.17, 15) is 9.59 Å². The summed E-state index contributed by atoms with van der Waals surface area (Å²) < 4.78 is 42.1. The zero-order chi connectivity index (χ0) is 29.7. The Bertz CT molecular complexity index is 1220. The summed E-state index contributed by atoms with van der Waals surface area (Å²) in [6.07, 6.45) is -5.10. The van der Waals surface area contributed by atoms with Crippen molar-refractivity contribution in [3.8, 4) is 0 Å². The van der Waals surface area contributed by atoms with Crippen molar-refractivity contribution >= 4 is 11.9 Å². The maximum absolute atomic E-state index is 12.3. The molecule has 1 fully saturated rings. The SMILES string of the molecule is COC(=O)[C@H](C)O[C@@H]1OC(COC(C)=O)[C@H](OCc2ccccc2)C(OCc2ccccc2)C1OCc1ccccc1. The van der Waals surface area contributed by atoms with Gasteiger partial charge in [-0.3, -0.25) is 4.79 Å². The molecule has 224 valence electrons. The Balaban J connectivity index is 1.67. The normalized spacial score (nSPS) is 22.7. The lowest BCUT2D eigenvalue weighted by Crippen LogP contribution is -2.62. The second-order valence-electron chi connectivity index (χ2n) is 9.93. The quantitative estimate of drug-likeness (QED) is 0.254. The first kappa shape index (κ1) is 31.3. The number of ether oxygens (including phenoxy) is 7. The van der Waals surface area contributed by atoms with Gasteiger partial charge >= 0.3 is 11.9 Å². The Morgan fingerprint density at radius 1 is 0.714 bits per heavy atom. The molecule has 0 aliphatic carbocycles. The van der Waals surface area contributed by atoms with Crippen LogP contribution in [0.1, 0.15) is 30.5 Å². The van der Waals surface area contributed by atoms with Gasteiger partial charge in [0.15, 0.2) is 12.4 Å². The molecular weight excluding hydrogens is 540 g/mol. The van der Waals surface area contributed by atoms with Crippen molar-refractivity contribution in [1.29, 1.82) is 0 Å². The lowest BCUT2D eigenvalue weighted by molar-refractivity contribution is -0.332. The topological polar surface area (TPSA) is 98.8 Å². The van der Waals surface area contributed by atoms with Crippen LogP contribution in [-0.2, 0) is 62.6 Å². The Labute approximate surface area is 246 Å². The van der Waals surface area contributed by atoms with Gasteiger partial charge < -0.3 is 33.2 Å². The molecule has 1 saturated heterocycles. The molecule has 1 heterocycles. The molecule has 1 aliphatic rings. The summed E-state index contributed by atoms with van der Waals surface area (Å²) in [4.78, 5) is 24.1. The smallest absolute Gasteiger partial charge is 0.334 e. The molecule has 1 aliphatic heterocycles. The zero-order valence-electron chi connectivity index (χ0n) is 24.1. The van der Waals surface area contributed by atoms with Crippen molar-refractivity contribution in [2.45, 2.75) is 70.5 Å². The molecule has 3 unspecified atom stereocenters. The summed E-state index contributed by atoms with van der Waals surface area (Å²) in [7, 11) is 1.29. The van der Waals surface area contributed by atoms with Gasteiger partial charge in [0.05, 0.1) is 26.9 Å². The van der Waals surface area contributed by atoms with Gasteiger partial charge in [-0.25, -0.2) is 4.79 Å². The molecule has 3 aromatic rings. The van der Waals surface area contributed by atoms with Gasteiger partial charge in [0.25, 0.3) is 0 Å². The van der Waals surface area contributed by atoms with Crippen LogP contribution in [-0.4, -0.2) is 62.5 Å². The van der Waals surface area contributed by atoms with Crippen LogP contribution < -0.4 is 0 Å². The third-order valence-electron chi connectivity index (χ3n) is 6.77. The number of esters is 2. The summed E-state index contributed by atoms with van der Waals surface area (Å²) >= 11 is 0. The van der Waals surface area contributed by atoms with Crippen molar-refractivity contribution in [1.82, 2.24) is 0 Å². The van der Waals surface area contributed by atoms with Gasteiger partial charge in [-0.2, -0.15) is 0 Å². The van der Waals surface area contributed by atoms with E-state index in [1.165, 1.54) is 14.0 Å². The largest absolute Gasteiger partial charge is 0.467 e. The average molecular weight is 579 g/mol. The van der Waals surface area contributed by atoms with Crippen molar-refractivity contribution in [2.24, 2.45) is 0 Å². The molecular formula is C33H38O9. The van der Waals surface area contributed by atoms with Crippen LogP contribution in [0.5, 0.6) is 0 Å². The molecule has 6 atom stereocenters. The van der Waals surface area contributed by atoms with Gasteiger partial charge in [0.1, 0.15) is 31.0 Å². The number of benzene rings is 3. The fourth-order valence-electron chi connectivity index (χ4n) is 4.61. The third-order valence-corrected chi connectivity index (χ3v) is 6.77. The van der Waals surface area contributed by atoms with Crippen molar-refractivity contribution in [3.63, 3.8) is 0 Å². The van der Waals surface area contributed by atoms with Crippen molar-refractivity contribution in [3.05, 3.63) is 108 Å². The molecule has 0 amide bonds. The lowest BCUT2D eigenvalue weighted by Gasteiger charge is -2.46. The number of hydrogen-bond donors (Lipinski definition) is 0. The zero-order valence-corrected chi connectivity index (χ0v) is 24.1. The molecule has 0 N–H and O–H groups in total. The van der Waals surface area contributed by atoms with Crippen LogP contribution in [0.15, 0.2) is 91.0 Å². The highest BCUT2D eigenvalue weighted by molar-refractivity contribution is 5.73. The Hall–Kier alpha value is -3.60. The first-order valence-corrected chi connectivity index (χ1v) is 13.9. The summed E-state index contributed by atoms with van der Waals surface area (Å²) in [5.74, 6) is -1.04. The van der Waals surface area contributed by atoms with E-state index in [-0.39, 0.29) is 26.4 Å². The van der Waals surface area contributed by atoms with E-state index < -0.39 is 48.7 Å². The van der Waals surface area contributed by atoms with Gasteiger partial charge in [0.2, 0.25) is 0 Å². The van der Waals surface area contributed by atoms with E-state index in [0.717, 1.165) is 16.7 Å². The van der Waals surface area contributed by atoms with Crippen LogP contribution in [0.2, 0.25) is 0 Å². The maximum atomic E-state index is 12.3. The summed E-state index contributed by atoms with van der Waals surface area (Å²) in [5, 5.41) is 0. The standard InChI is InChI=1S/C33H38O9/c1-23(32(35)36-3)41-33-31(40-21-27-17-11-6-12-18-27)30(39-20-26-15-9-5-10-16-26)29(28(42-33)22-37-24(2)34)38-19-25-13-7-4-8-14-25/h4-18,23,28-31,33H,19-22H2,1-3H3/t23-,28?,29-,30?,31?,33+/m0/s1. The Morgan fingerprint density at radius 3 is 1.62 bits per heavy atom. The minimum atomic E-state index is -1.07. The minimum Gasteiger partial charge on any atom is -0.467 e. The van der Waals surface area contributed by atoms with Gasteiger partial charge in [0, 0.05) is 6.92 Å². The lowest BCUT2D eigenvalue weighted by atomic mass is 9.97. The fourth-order valence-corrected chi connectivity index (χ4v) is 4.61. The average Bonchev–Trinajstić information content (AvgIpc) is 3.02. The molecule has 9 heteroatoms. The third kappa shape index (κ3) is 9.20. The Morgan fingerprint density at radius 2 is 1.17 bits per heavy atom. The van der Waals surface area contributed by atoms with Crippen LogP contribution in [0.25, 0.3) is 0 Å². The highest BCUT2D eigenvalue weighted by atomic mass is 16.7. The molecule has 0 bridgehead atoms. The first-order valence-electron chi connectivity index (χ1n) is 13.9. The predicted octanol–water partition coefficient (Wildman–Crippen LogP) is 4.61. The van der Waals surface area contributed by atoms with Crippen molar-refractivity contribution < 1.29 is 42.7 Å². The number of hydrogen-bond acceptors (Lipinski definition) is 9. The molecule has 0 aromatic heterocycles. The summed E-state index contributed by atoms with van der Waals surface area (Å²) in [6.45, 7) is 3.52.